The summed E-state index contributed by atoms with van der Waals surface area (Å²) in [6, 6.07) is 1.77. The maximum atomic E-state index is 11.9. The van der Waals surface area contributed by atoms with Gasteiger partial charge in [-0.1, -0.05) is 0 Å². The number of amides is 1. The minimum absolute atomic E-state index is 0.169. The molecular weight excluding hydrogens is 224 g/mol. The molecule has 0 atom stereocenters. The van der Waals surface area contributed by atoms with Crippen molar-refractivity contribution in [1.29, 1.82) is 0 Å². The first-order chi connectivity index (χ1) is 7.70. The number of carbonyl (C=O) groups is 1. The van der Waals surface area contributed by atoms with E-state index in [-0.39, 0.29) is 5.91 Å². The highest BCUT2D eigenvalue weighted by molar-refractivity contribution is 7.13. The van der Waals surface area contributed by atoms with Crippen molar-refractivity contribution in [3.8, 4) is 0 Å². The van der Waals surface area contributed by atoms with Crippen molar-refractivity contribution < 1.29 is 4.79 Å². The van der Waals surface area contributed by atoms with E-state index in [4.69, 9.17) is 0 Å². The quantitative estimate of drug-likeness (QED) is 0.885. The lowest BCUT2D eigenvalue weighted by molar-refractivity contribution is 0.101. The first-order valence-electron chi connectivity index (χ1n) is 4.96. The Kier molecular flexibility index (Phi) is 3.00. The lowest BCUT2D eigenvalue weighted by Gasteiger charge is -2.03. The Labute approximate surface area is 97.1 Å². The van der Waals surface area contributed by atoms with E-state index in [0.29, 0.717) is 17.4 Å². The molecule has 2 aromatic rings. The number of nitrogens with one attached hydrogen (secondary N) is 1. The molecule has 16 heavy (non-hydrogen) atoms. The third-order valence-corrected chi connectivity index (χ3v) is 2.78. The zero-order valence-electron chi connectivity index (χ0n) is 9.10. The molecule has 2 aromatic heterocycles. The summed E-state index contributed by atoms with van der Waals surface area (Å²) in [5.74, 6) is -0.169. The maximum absolute atomic E-state index is 11.9. The van der Waals surface area contributed by atoms with Crippen LogP contribution in [0.2, 0.25) is 0 Å². The zero-order valence-corrected chi connectivity index (χ0v) is 9.91. The number of thiazole rings is 1. The van der Waals surface area contributed by atoms with Crippen LogP contribution in [0.5, 0.6) is 0 Å². The van der Waals surface area contributed by atoms with E-state index >= 15 is 0 Å². The number of hydrogen-bond donors (Lipinski definition) is 1. The van der Waals surface area contributed by atoms with Crippen molar-refractivity contribution in [2.45, 2.75) is 20.4 Å². The van der Waals surface area contributed by atoms with Gasteiger partial charge in [-0.2, -0.15) is 5.10 Å². The molecule has 2 rings (SSSR count). The fraction of sp³-hybridized carbons (Fsp3) is 0.300. The van der Waals surface area contributed by atoms with Gasteiger partial charge in [0.1, 0.15) is 5.69 Å². The minimum Gasteiger partial charge on any atom is -0.297 e. The van der Waals surface area contributed by atoms with Gasteiger partial charge in [-0.05, 0) is 19.9 Å². The molecule has 1 N–H and O–H groups in total. The average Bonchev–Trinajstić information content (AvgIpc) is 2.86. The van der Waals surface area contributed by atoms with Crippen molar-refractivity contribution in [1.82, 2.24) is 14.8 Å². The van der Waals surface area contributed by atoms with Gasteiger partial charge in [0.2, 0.25) is 0 Å². The molecular formula is C10H12N4OS. The van der Waals surface area contributed by atoms with Gasteiger partial charge in [-0.3, -0.25) is 14.8 Å². The third-order valence-electron chi connectivity index (χ3n) is 2.09. The Morgan fingerprint density at radius 2 is 2.44 bits per heavy atom. The third kappa shape index (κ3) is 2.11. The van der Waals surface area contributed by atoms with Crippen LogP contribution in [0.3, 0.4) is 0 Å². The molecule has 0 radical (unpaired) electrons. The SMILES string of the molecule is CCn1nc(C)cc1C(=O)Nc1nccs1. The number of aromatic nitrogens is 3. The van der Waals surface area contributed by atoms with Gasteiger partial charge in [0, 0.05) is 18.1 Å². The van der Waals surface area contributed by atoms with Gasteiger partial charge in [-0.15, -0.1) is 11.3 Å². The fourth-order valence-electron chi connectivity index (χ4n) is 1.42. The van der Waals surface area contributed by atoms with Gasteiger partial charge < -0.3 is 0 Å². The van der Waals surface area contributed by atoms with Gasteiger partial charge in [0.05, 0.1) is 5.69 Å². The number of hydrogen-bond acceptors (Lipinski definition) is 4. The minimum atomic E-state index is -0.169. The molecule has 0 aromatic carbocycles. The molecule has 84 valence electrons. The van der Waals surface area contributed by atoms with Gasteiger partial charge in [0.15, 0.2) is 5.13 Å². The largest absolute Gasteiger partial charge is 0.297 e. The topological polar surface area (TPSA) is 59.8 Å². The lowest BCUT2D eigenvalue weighted by atomic mass is 10.3. The van der Waals surface area contributed by atoms with Crippen molar-refractivity contribution in [3.05, 3.63) is 29.0 Å². The van der Waals surface area contributed by atoms with Crippen molar-refractivity contribution >= 4 is 22.4 Å². The smallest absolute Gasteiger partial charge is 0.275 e. The molecule has 0 aliphatic carbocycles. The Bertz CT molecular complexity index is 489. The van der Waals surface area contributed by atoms with Crippen molar-refractivity contribution in [3.63, 3.8) is 0 Å². The number of aryl methyl sites for hydroxylation is 2. The van der Waals surface area contributed by atoms with Crippen LogP contribution in [0, 0.1) is 6.92 Å². The molecule has 1 amide bonds. The van der Waals surface area contributed by atoms with Crippen LogP contribution in [-0.4, -0.2) is 20.7 Å². The molecule has 0 spiro atoms. The number of rotatable bonds is 3. The molecule has 2 heterocycles. The molecule has 0 bridgehead atoms. The normalized spacial score (nSPS) is 10.4. The van der Waals surface area contributed by atoms with E-state index in [1.54, 1.807) is 16.9 Å². The Morgan fingerprint density at radius 1 is 1.62 bits per heavy atom. The Balaban J connectivity index is 2.20. The van der Waals surface area contributed by atoms with Gasteiger partial charge in [0.25, 0.3) is 5.91 Å². The van der Waals surface area contributed by atoms with Crippen molar-refractivity contribution in [2.75, 3.05) is 5.32 Å². The van der Waals surface area contributed by atoms with Crippen molar-refractivity contribution in [2.24, 2.45) is 0 Å². The highest BCUT2D eigenvalue weighted by Crippen LogP contribution is 2.13. The first-order valence-corrected chi connectivity index (χ1v) is 5.84. The second-order valence-electron chi connectivity index (χ2n) is 3.28. The number of nitrogens with zero attached hydrogens (tertiary/aromatic N) is 3. The average molecular weight is 236 g/mol. The molecule has 0 aliphatic rings. The zero-order chi connectivity index (χ0) is 11.5. The number of carbonyl (C=O) groups excluding carboxylic acids is 1. The van der Waals surface area contributed by atoms with E-state index in [2.05, 4.69) is 15.4 Å². The predicted octanol–water partition coefficient (Wildman–Crippen LogP) is 1.92. The van der Waals surface area contributed by atoms with E-state index in [1.165, 1.54) is 11.3 Å². The molecule has 0 aliphatic heterocycles. The van der Waals surface area contributed by atoms with Crippen LogP contribution < -0.4 is 5.32 Å². The molecule has 0 fully saturated rings. The lowest BCUT2D eigenvalue weighted by Crippen LogP contribution is -2.17. The van der Waals surface area contributed by atoms with E-state index in [1.807, 2.05) is 19.2 Å². The Morgan fingerprint density at radius 3 is 3.06 bits per heavy atom. The standard InChI is InChI=1S/C10H12N4OS/c1-3-14-8(6-7(2)13-14)9(15)12-10-11-4-5-16-10/h4-6H,3H2,1-2H3,(H,11,12,15). The second kappa shape index (κ2) is 4.44. The van der Waals surface area contributed by atoms with Crippen LogP contribution in [0.4, 0.5) is 5.13 Å². The molecule has 5 nitrogen and oxygen atoms in total. The van der Waals surface area contributed by atoms with Crippen LogP contribution >= 0.6 is 11.3 Å². The molecule has 0 saturated heterocycles. The summed E-state index contributed by atoms with van der Waals surface area (Å²) in [4.78, 5) is 15.9. The highest BCUT2D eigenvalue weighted by atomic mass is 32.1. The Hall–Kier alpha value is -1.69. The van der Waals surface area contributed by atoms with Gasteiger partial charge in [-0.25, -0.2) is 4.98 Å². The maximum Gasteiger partial charge on any atom is 0.275 e. The van der Waals surface area contributed by atoms with E-state index in [9.17, 15) is 4.79 Å². The summed E-state index contributed by atoms with van der Waals surface area (Å²) in [7, 11) is 0. The van der Waals surface area contributed by atoms with Crippen LogP contribution in [0.25, 0.3) is 0 Å². The molecule has 0 saturated carbocycles. The molecule has 0 unspecified atom stereocenters. The summed E-state index contributed by atoms with van der Waals surface area (Å²) in [5.41, 5.74) is 1.40. The summed E-state index contributed by atoms with van der Waals surface area (Å²) in [5, 5.41) is 9.37. The summed E-state index contributed by atoms with van der Waals surface area (Å²) in [6.07, 6.45) is 1.66. The fourth-order valence-corrected chi connectivity index (χ4v) is 1.94. The van der Waals surface area contributed by atoms with Crippen LogP contribution in [-0.2, 0) is 6.54 Å². The predicted molar refractivity (Wildman–Crippen MR) is 62.7 cm³/mol. The van der Waals surface area contributed by atoms with E-state index in [0.717, 1.165) is 5.69 Å². The van der Waals surface area contributed by atoms with Crippen LogP contribution in [0.15, 0.2) is 17.6 Å². The van der Waals surface area contributed by atoms with Gasteiger partial charge >= 0.3 is 0 Å². The highest BCUT2D eigenvalue weighted by Gasteiger charge is 2.13. The summed E-state index contributed by atoms with van der Waals surface area (Å²) < 4.78 is 1.68. The summed E-state index contributed by atoms with van der Waals surface area (Å²) in [6.45, 7) is 4.49. The van der Waals surface area contributed by atoms with E-state index < -0.39 is 0 Å². The first kappa shape index (κ1) is 10.8. The molecule has 6 heteroatoms. The van der Waals surface area contributed by atoms with Crippen LogP contribution in [0.1, 0.15) is 23.1 Å². The summed E-state index contributed by atoms with van der Waals surface area (Å²) >= 11 is 1.39. The number of anilines is 1. The second-order valence-corrected chi connectivity index (χ2v) is 4.17. The monoisotopic (exact) mass is 236 g/mol.